The van der Waals surface area contributed by atoms with E-state index in [4.69, 9.17) is 15.2 Å². The molecule has 26 heavy (non-hydrogen) atoms. The molecule has 0 aliphatic heterocycles. The Kier molecular flexibility index (Phi) is 6.67. The fourth-order valence-electron chi connectivity index (χ4n) is 2.04. The lowest BCUT2D eigenvalue weighted by Crippen LogP contribution is -2.20. The molecule has 0 saturated heterocycles. The minimum absolute atomic E-state index is 0.0842. The second-order valence-electron chi connectivity index (χ2n) is 5.26. The van der Waals surface area contributed by atoms with Crippen LogP contribution in [0.2, 0.25) is 0 Å². The Morgan fingerprint density at radius 1 is 1.19 bits per heavy atom. The van der Waals surface area contributed by atoms with E-state index in [1.165, 1.54) is 37.6 Å². The standard InChI is InChI=1S/C18H18FN3O4/c1-25-16-8-13(4-7-15(16)26-11-17(20)23)10-21-22-18(24)9-12-2-5-14(19)6-3-12/h2-8,10H,9,11H2,1H3,(H2,20,23)(H,22,24)/b21-10+. The summed E-state index contributed by atoms with van der Waals surface area (Å²) in [5, 5.41) is 3.87. The largest absolute Gasteiger partial charge is 0.493 e. The lowest BCUT2D eigenvalue weighted by Gasteiger charge is -2.09. The monoisotopic (exact) mass is 359 g/mol. The van der Waals surface area contributed by atoms with Gasteiger partial charge >= 0.3 is 0 Å². The highest BCUT2D eigenvalue weighted by Gasteiger charge is 2.07. The summed E-state index contributed by atoms with van der Waals surface area (Å²) in [6.45, 7) is -0.261. The Morgan fingerprint density at radius 2 is 1.92 bits per heavy atom. The summed E-state index contributed by atoms with van der Waals surface area (Å²) in [4.78, 5) is 22.6. The normalized spacial score (nSPS) is 10.5. The molecule has 0 fully saturated rings. The number of hydrazone groups is 1. The van der Waals surface area contributed by atoms with E-state index >= 15 is 0 Å². The molecule has 7 nitrogen and oxygen atoms in total. The number of hydrogen-bond donors (Lipinski definition) is 2. The van der Waals surface area contributed by atoms with Crippen LogP contribution >= 0.6 is 0 Å². The molecule has 136 valence electrons. The van der Waals surface area contributed by atoms with Gasteiger partial charge in [-0.1, -0.05) is 12.1 Å². The van der Waals surface area contributed by atoms with Crippen LogP contribution in [0.1, 0.15) is 11.1 Å². The van der Waals surface area contributed by atoms with Crippen molar-refractivity contribution in [2.24, 2.45) is 10.8 Å². The van der Waals surface area contributed by atoms with Crippen LogP contribution in [-0.4, -0.2) is 31.7 Å². The van der Waals surface area contributed by atoms with Crippen LogP contribution in [0.15, 0.2) is 47.6 Å². The number of carbonyl (C=O) groups is 2. The smallest absolute Gasteiger partial charge is 0.255 e. The molecule has 3 N–H and O–H groups in total. The van der Waals surface area contributed by atoms with Crippen molar-refractivity contribution in [2.45, 2.75) is 6.42 Å². The molecule has 0 heterocycles. The van der Waals surface area contributed by atoms with Gasteiger partial charge in [0.1, 0.15) is 5.82 Å². The number of rotatable bonds is 8. The highest BCUT2D eigenvalue weighted by atomic mass is 19.1. The van der Waals surface area contributed by atoms with Crippen molar-refractivity contribution in [2.75, 3.05) is 13.7 Å². The number of carbonyl (C=O) groups excluding carboxylic acids is 2. The molecule has 0 spiro atoms. The number of nitrogens with zero attached hydrogens (tertiary/aromatic N) is 1. The highest BCUT2D eigenvalue weighted by Crippen LogP contribution is 2.27. The molecule has 0 aromatic heterocycles. The lowest BCUT2D eigenvalue weighted by molar-refractivity contribution is -0.121. The van der Waals surface area contributed by atoms with Gasteiger partial charge in [-0.3, -0.25) is 9.59 Å². The number of ether oxygens (including phenoxy) is 2. The topological polar surface area (TPSA) is 103 Å². The van der Waals surface area contributed by atoms with Crippen molar-refractivity contribution in [1.29, 1.82) is 0 Å². The first-order chi connectivity index (χ1) is 12.5. The van der Waals surface area contributed by atoms with Gasteiger partial charge in [-0.25, -0.2) is 9.82 Å². The molecular formula is C18H18FN3O4. The number of primary amides is 1. The van der Waals surface area contributed by atoms with E-state index in [1.807, 2.05) is 0 Å². The van der Waals surface area contributed by atoms with Gasteiger partial charge in [-0.2, -0.15) is 5.10 Å². The Hall–Kier alpha value is -3.42. The third kappa shape index (κ3) is 5.90. The van der Waals surface area contributed by atoms with Crippen molar-refractivity contribution in [3.05, 3.63) is 59.4 Å². The molecule has 0 radical (unpaired) electrons. The number of amides is 2. The number of benzene rings is 2. The molecule has 8 heteroatoms. The Bertz CT molecular complexity index is 807. The summed E-state index contributed by atoms with van der Waals surface area (Å²) in [5.41, 5.74) is 8.75. The third-order valence-corrected chi connectivity index (χ3v) is 3.24. The van der Waals surface area contributed by atoms with E-state index in [9.17, 15) is 14.0 Å². The average Bonchev–Trinajstić information content (AvgIpc) is 2.62. The number of nitrogens with one attached hydrogen (secondary N) is 1. The van der Waals surface area contributed by atoms with Gasteiger partial charge in [0.15, 0.2) is 18.1 Å². The number of halogens is 1. The molecule has 0 aliphatic rings. The van der Waals surface area contributed by atoms with Crippen LogP contribution in [0, 0.1) is 5.82 Å². The average molecular weight is 359 g/mol. The maximum absolute atomic E-state index is 12.8. The highest BCUT2D eigenvalue weighted by molar-refractivity contribution is 5.84. The lowest BCUT2D eigenvalue weighted by atomic mass is 10.1. The number of nitrogens with two attached hydrogens (primary N) is 1. The minimum Gasteiger partial charge on any atom is -0.493 e. The summed E-state index contributed by atoms with van der Waals surface area (Å²) in [7, 11) is 1.46. The fraction of sp³-hybridized carbons (Fsp3) is 0.167. The maximum atomic E-state index is 12.8. The Balaban J connectivity index is 1.93. The fourth-order valence-corrected chi connectivity index (χ4v) is 2.04. The van der Waals surface area contributed by atoms with Crippen molar-refractivity contribution in [3.63, 3.8) is 0 Å². The molecule has 0 atom stereocenters. The zero-order valence-electron chi connectivity index (χ0n) is 14.1. The van der Waals surface area contributed by atoms with Crippen molar-refractivity contribution in [1.82, 2.24) is 5.43 Å². The van der Waals surface area contributed by atoms with Gasteiger partial charge in [-0.15, -0.1) is 0 Å². The van der Waals surface area contributed by atoms with Crippen LogP contribution in [0.25, 0.3) is 0 Å². The van der Waals surface area contributed by atoms with Gasteiger partial charge in [0.25, 0.3) is 5.91 Å². The van der Waals surface area contributed by atoms with E-state index in [2.05, 4.69) is 10.5 Å². The first-order valence-electron chi connectivity index (χ1n) is 7.63. The number of methoxy groups -OCH3 is 1. The van der Waals surface area contributed by atoms with E-state index < -0.39 is 5.91 Å². The van der Waals surface area contributed by atoms with Crippen LogP contribution in [0.5, 0.6) is 11.5 Å². The van der Waals surface area contributed by atoms with Crippen LogP contribution < -0.4 is 20.6 Å². The van der Waals surface area contributed by atoms with Gasteiger partial charge < -0.3 is 15.2 Å². The van der Waals surface area contributed by atoms with Crippen molar-refractivity contribution in [3.8, 4) is 11.5 Å². The SMILES string of the molecule is COc1cc(/C=N/NC(=O)Cc2ccc(F)cc2)ccc1OCC(N)=O. The third-order valence-electron chi connectivity index (χ3n) is 3.24. The first kappa shape index (κ1) is 18.9. The summed E-state index contributed by atoms with van der Waals surface area (Å²) >= 11 is 0. The zero-order chi connectivity index (χ0) is 18.9. The molecular weight excluding hydrogens is 341 g/mol. The first-order valence-corrected chi connectivity index (χ1v) is 7.63. The molecule has 2 amide bonds. The van der Waals surface area contributed by atoms with Gasteiger partial charge in [0.2, 0.25) is 5.91 Å². The van der Waals surface area contributed by atoms with E-state index in [-0.39, 0.29) is 24.8 Å². The zero-order valence-corrected chi connectivity index (χ0v) is 14.1. The van der Waals surface area contributed by atoms with Crippen molar-refractivity contribution >= 4 is 18.0 Å². The van der Waals surface area contributed by atoms with E-state index in [0.717, 1.165) is 0 Å². The predicted molar refractivity (Wildman–Crippen MR) is 93.5 cm³/mol. The molecule has 0 unspecified atom stereocenters. The van der Waals surface area contributed by atoms with Crippen LogP contribution in [0.4, 0.5) is 4.39 Å². The second-order valence-corrected chi connectivity index (χ2v) is 5.26. The molecule has 2 aromatic rings. The van der Waals surface area contributed by atoms with Crippen molar-refractivity contribution < 1.29 is 23.5 Å². The summed E-state index contributed by atoms with van der Waals surface area (Å²) in [6, 6.07) is 10.6. The second kappa shape index (κ2) is 9.16. The molecule has 0 aliphatic carbocycles. The Morgan fingerprint density at radius 3 is 2.58 bits per heavy atom. The van der Waals surface area contributed by atoms with Crippen LogP contribution in [-0.2, 0) is 16.0 Å². The number of hydrogen-bond acceptors (Lipinski definition) is 5. The van der Waals surface area contributed by atoms with Gasteiger partial charge in [0.05, 0.1) is 19.7 Å². The molecule has 0 saturated carbocycles. The van der Waals surface area contributed by atoms with Crippen LogP contribution in [0.3, 0.4) is 0 Å². The van der Waals surface area contributed by atoms with Gasteiger partial charge in [0, 0.05) is 0 Å². The molecule has 2 aromatic carbocycles. The quantitative estimate of drug-likeness (QED) is 0.549. The Labute approximate surface area is 149 Å². The van der Waals surface area contributed by atoms with E-state index in [1.54, 1.807) is 18.2 Å². The summed E-state index contributed by atoms with van der Waals surface area (Å²) in [6.07, 6.45) is 1.52. The summed E-state index contributed by atoms with van der Waals surface area (Å²) < 4.78 is 23.2. The predicted octanol–water partition coefficient (Wildman–Crippen LogP) is 1.39. The summed E-state index contributed by atoms with van der Waals surface area (Å²) in [5.74, 6) is -0.524. The van der Waals surface area contributed by atoms with E-state index in [0.29, 0.717) is 22.6 Å². The molecule has 0 bridgehead atoms. The minimum atomic E-state index is -0.596. The van der Waals surface area contributed by atoms with Gasteiger partial charge in [-0.05, 0) is 41.5 Å². The molecule has 2 rings (SSSR count). The maximum Gasteiger partial charge on any atom is 0.255 e.